The first-order valence-electron chi connectivity index (χ1n) is 10.1. The molecule has 30 heavy (non-hydrogen) atoms. The van der Waals surface area contributed by atoms with E-state index < -0.39 is 15.5 Å². The van der Waals surface area contributed by atoms with Gasteiger partial charge in [-0.25, -0.2) is 0 Å². The summed E-state index contributed by atoms with van der Waals surface area (Å²) >= 11 is 0. The summed E-state index contributed by atoms with van der Waals surface area (Å²) in [5.41, 5.74) is -0.606. The van der Waals surface area contributed by atoms with Crippen LogP contribution in [0.25, 0.3) is 0 Å². The summed E-state index contributed by atoms with van der Waals surface area (Å²) in [6.45, 7) is 3.00. The first-order chi connectivity index (χ1) is 14.2. The van der Waals surface area contributed by atoms with Gasteiger partial charge in [-0.2, -0.15) is 0 Å². The average Bonchev–Trinajstić information content (AvgIpc) is 2.69. The first kappa shape index (κ1) is 23.2. The summed E-state index contributed by atoms with van der Waals surface area (Å²) in [6, 6.07) is 14.0. The molecule has 2 aromatic rings. The van der Waals surface area contributed by atoms with Crippen LogP contribution in [0.2, 0.25) is 0 Å². The molecule has 1 aliphatic rings. The van der Waals surface area contributed by atoms with Gasteiger partial charge in [-0.15, -0.1) is 0 Å². The van der Waals surface area contributed by atoms with Crippen LogP contribution < -0.4 is 8.88 Å². The van der Waals surface area contributed by atoms with Crippen LogP contribution in [0.1, 0.15) is 39.5 Å². The van der Waals surface area contributed by atoms with Crippen molar-refractivity contribution in [2.75, 3.05) is 22.1 Å². The minimum absolute atomic E-state index is 0.0878. The van der Waals surface area contributed by atoms with Gasteiger partial charge in [0.05, 0.1) is 0 Å². The van der Waals surface area contributed by atoms with E-state index >= 15 is 16.8 Å². The molecule has 4 nitrogen and oxygen atoms in total. The Labute approximate surface area is 175 Å². The normalized spacial score (nSPS) is 23.4. The van der Waals surface area contributed by atoms with E-state index in [1.54, 1.807) is 12.1 Å². The van der Waals surface area contributed by atoms with Crippen LogP contribution in [-0.4, -0.2) is 13.2 Å². The van der Waals surface area contributed by atoms with Crippen LogP contribution in [0.4, 0.5) is 28.2 Å². The topological polar surface area (TPSA) is 24.9 Å². The third-order valence-electron chi connectivity index (χ3n) is 4.80. The Morgan fingerprint density at radius 3 is 1.27 bits per heavy atom. The van der Waals surface area contributed by atoms with E-state index in [1.807, 2.05) is 13.8 Å². The fraction of sp³-hybridized carbons (Fsp3) is 0.400. The average molecular weight is 466 g/mol. The molecule has 0 N–H and O–H groups in total. The number of benzene rings is 2. The van der Waals surface area contributed by atoms with Gasteiger partial charge < -0.3 is 0 Å². The Balaban J connectivity index is 2.18. The van der Waals surface area contributed by atoms with Gasteiger partial charge in [-0.3, -0.25) is 0 Å². The molecule has 10 heteroatoms. The third-order valence-corrected chi connectivity index (χ3v) is 12.8. The van der Waals surface area contributed by atoms with Gasteiger partial charge >= 0.3 is 175 Å². The molecule has 1 saturated heterocycles. The van der Waals surface area contributed by atoms with Crippen LogP contribution in [0.5, 0.6) is 0 Å². The van der Waals surface area contributed by atoms with Crippen molar-refractivity contribution in [3.63, 3.8) is 0 Å². The van der Waals surface area contributed by atoms with E-state index in [0.717, 1.165) is 0 Å². The summed E-state index contributed by atoms with van der Waals surface area (Å²) in [7, 11) is -13.4. The van der Waals surface area contributed by atoms with Crippen LogP contribution >= 0.6 is 15.5 Å². The molecule has 0 spiro atoms. The number of para-hydroxylation sites is 2. The predicted molar refractivity (Wildman–Crippen MR) is 118 cm³/mol. The zero-order valence-corrected chi connectivity index (χ0v) is 18.9. The van der Waals surface area contributed by atoms with E-state index in [-0.39, 0.29) is 33.5 Å². The quantitative estimate of drug-likeness (QED) is 0.198. The molecule has 0 bridgehead atoms. The second-order valence-corrected chi connectivity index (χ2v) is 12.9. The summed E-state index contributed by atoms with van der Waals surface area (Å²) in [6.07, 6.45) is 1.88. The van der Waals surface area contributed by atoms with Crippen LogP contribution in [0.3, 0.4) is 0 Å². The van der Waals surface area contributed by atoms with Gasteiger partial charge in [-0.05, 0) is 0 Å². The molecule has 1 aliphatic heterocycles. The van der Waals surface area contributed by atoms with Crippen LogP contribution in [0, 0.1) is 0 Å². The van der Waals surface area contributed by atoms with Crippen LogP contribution in [0.15, 0.2) is 60.7 Å². The maximum atomic E-state index is 16.4. The predicted octanol–water partition coefficient (Wildman–Crippen LogP) is 8.78. The number of rotatable bonds is 10. The minimum atomic E-state index is -6.70. The number of halogens is 4. The van der Waals surface area contributed by atoms with Crippen molar-refractivity contribution in [3.05, 3.63) is 60.7 Å². The van der Waals surface area contributed by atoms with Crippen molar-refractivity contribution in [2.45, 2.75) is 39.5 Å². The molecular weight excluding hydrogens is 438 g/mol. The number of nitrogens with zero attached hydrogens (tertiary/aromatic N) is 2. The number of hydrogen-bond acceptors (Lipinski definition) is 4. The van der Waals surface area contributed by atoms with Crippen molar-refractivity contribution < 1.29 is 25.8 Å². The van der Waals surface area contributed by atoms with Crippen molar-refractivity contribution in [2.24, 2.45) is 0 Å². The van der Waals surface area contributed by atoms with E-state index in [1.165, 1.54) is 48.5 Å². The monoisotopic (exact) mass is 466 g/mol. The molecule has 0 aliphatic carbocycles. The molecule has 0 radical (unpaired) electrons. The van der Waals surface area contributed by atoms with E-state index in [9.17, 15) is 0 Å². The summed E-state index contributed by atoms with van der Waals surface area (Å²) in [5.74, 6) is 0. The Hall–Kier alpha value is -1.46. The molecule has 0 amide bonds. The SMILES string of the molecule is CCCCOP1(F)(F)N(c2ccccc2)P(F)(F)(OCCCC)N1c1ccccc1. The Morgan fingerprint density at radius 2 is 0.967 bits per heavy atom. The fourth-order valence-corrected chi connectivity index (χ4v) is 11.8. The molecule has 168 valence electrons. The summed E-state index contributed by atoms with van der Waals surface area (Å²) < 4.78 is 75.8. The first-order valence-corrected chi connectivity index (χ1v) is 13.8. The molecule has 0 unspecified atom stereocenters. The molecule has 1 heterocycles. The number of hydrogen-bond donors (Lipinski definition) is 0. The third kappa shape index (κ3) is 3.69. The molecule has 0 aromatic heterocycles. The molecule has 0 saturated carbocycles. The Morgan fingerprint density at radius 1 is 0.633 bits per heavy atom. The van der Waals surface area contributed by atoms with E-state index in [4.69, 9.17) is 9.05 Å². The molecule has 3 rings (SSSR count). The van der Waals surface area contributed by atoms with Gasteiger partial charge in [0.2, 0.25) is 0 Å². The van der Waals surface area contributed by atoms with E-state index in [0.29, 0.717) is 25.7 Å². The van der Waals surface area contributed by atoms with Crippen molar-refractivity contribution in [1.29, 1.82) is 0 Å². The summed E-state index contributed by atoms with van der Waals surface area (Å²) in [4.78, 5) is 0. The standard InChI is InChI=1S/C20H28F4N2O2P2/c1-3-5-17-27-29(21,22)25(19-13-9-7-10-14-19)30(23,24,28-18-6-4-2)26(29)20-15-11-8-12-16-20/h7-16H,3-6,17-18H2,1-2H3. The Bertz CT molecular complexity index is 771. The second kappa shape index (κ2) is 8.23. The van der Waals surface area contributed by atoms with Gasteiger partial charge in [0, 0.05) is 0 Å². The van der Waals surface area contributed by atoms with Crippen molar-refractivity contribution >= 4 is 26.9 Å². The Kier molecular flexibility index (Phi) is 6.37. The number of anilines is 2. The van der Waals surface area contributed by atoms with Crippen molar-refractivity contribution in [3.8, 4) is 0 Å². The zero-order chi connectivity index (χ0) is 21.9. The number of unbranched alkanes of at least 4 members (excludes halogenated alkanes) is 2. The van der Waals surface area contributed by atoms with Crippen molar-refractivity contribution in [1.82, 2.24) is 0 Å². The van der Waals surface area contributed by atoms with Gasteiger partial charge in [0.15, 0.2) is 0 Å². The van der Waals surface area contributed by atoms with Gasteiger partial charge in [0.1, 0.15) is 0 Å². The van der Waals surface area contributed by atoms with Crippen LogP contribution in [-0.2, 0) is 9.05 Å². The summed E-state index contributed by atoms with van der Waals surface area (Å²) in [5, 5.41) is 0. The molecular formula is C20H28F4N2O2P2. The van der Waals surface area contributed by atoms with Gasteiger partial charge in [-0.1, -0.05) is 0 Å². The second-order valence-electron chi connectivity index (χ2n) is 7.14. The molecule has 2 aromatic carbocycles. The van der Waals surface area contributed by atoms with E-state index in [2.05, 4.69) is 0 Å². The fourth-order valence-electron chi connectivity index (χ4n) is 3.40. The maximum absolute atomic E-state index is 16.4. The van der Waals surface area contributed by atoms with Gasteiger partial charge in [0.25, 0.3) is 0 Å². The molecule has 0 atom stereocenters. The zero-order valence-electron chi connectivity index (χ0n) is 17.1. The molecule has 1 fully saturated rings.